The van der Waals surface area contributed by atoms with Crippen LogP contribution in [-0.2, 0) is 13.5 Å². The van der Waals surface area contributed by atoms with Gasteiger partial charge in [0.15, 0.2) is 0 Å². The number of ether oxygens (including phenoxy) is 1. The summed E-state index contributed by atoms with van der Waals surface area (Å²) >= 11 is 0. The monoisotopic (exact) mass is 451 g/mol. The first-order valence-electron chi connectivity index (χ1n) is 10.6. The molecule has 0 bridgehead atoms. The third kappa shape index (κ3) is 5.49. The smallest absolute Gasteiger partial charge is 0.339 e. The van der Waals surface area contributed by atoms with Gasteiger partial charge in [-0.15, -0.1) is 0 Å². The molecule has 2 N–H and O–H groups in total. The molecule has 3 aromatic rings. The van der Waals surface area contributed by atoms with Crippen LogP contribution in [0.1, 0.15) is 44.1 Å². The van der Waals surface area contributed by atoms with Gasteiger partial charge in [-0.05, 0) is 62.6 Å². The largest absolute Gasteiger partial charge is 0.497 e. The Morgan fingerprint density at radius 2 is 1.91 bits per heavy atom. The molecule has 0 aliphatic rings. The fourth-order valence-corrected chi connectivity index (χ4v) is 3.71. The van der Waals surface area contributed by atoms with E-state index in [4.69, 9.17) is 4.74 Å². The molecule has 0 radical (unpaired) electrons. The number of hydrogen-bond donors (Lipinski definition) is 2. The molecule has 0 aliphatic carbocycles. The maximum absolute atomic E-state index is 12.5. The van der Waals surface area contributed by atoms with Crippen LogP contribution in [0.4, 0.5) is 11.5 Å². The van der Waals surface area contributed by atoms with E-state index in [1.165, 1.54) is 17.8 Å². The van der Waals surface area contributed by atoms with Gasteiger partial charge in [0.25, 0.3) is 5.91 Å². The summed E-state index contributed by atoms with van der Waals surface area (Å²) in [6.07, 6.45) is 3.13. The summed E-state index contributed by atoms with van der Waals surface area (Å²) < 4.78 is 6.97. The average Bonchev–Trinajstić information content (AvgIpc) is 3.04. The molecule has 1 amide bonds. The van der Waals surface area contributed by atoms with Crippen molar-refractivity contribution in [2.45, 2.75) is 26.7 Å². The quantitative estimate of drug-likeness (QED) is 0.513. The van der Waals surface area contributed by atoms with Crippen molar-refractivity contribution in [2.75, 3.05) is 30.9 Å². The van der Waals surface area contributed by atoms with Crippen LogP contribution in [0.5, 0.6) is 5.75 Å². The lowest BCUT2D eigenvalue weighted by Crippen LogP contribution is -2.23. The lowest BCUT2D eigenvalue weighted by atomic mass is 10.1. The third-order valence-corrected chi connectivity index (χ3v) is 5.65. The van der Waals surface area contributed by atoms with E-state index in [0.29, 0.717) is 29.4 Å². The van der Waals surface area contributed by atoms with Gasteiger partial charge in [0.2, 0.25) is 0 Å². The maximum atomic E-state index is 12.5. The van der Waals surface area contributed by atoms with Crippen LogP contribution < -0.4 is 15.0 Å². The zero-order valence-electron chi connectivity index (χ0n) is 19.5. The molecule has 0 spiro atoms. The summed E-state index contributed by atoms with van der Waals surface area (Å²) in [6, 6.07) is 8.06. The molecule has 1 aromatic carbocycles. The number of methoxy groups -OCH3 is 1. The number of carboxylic acids is 1. The minimum Gasteiger partial charge on any atom is -0.497 e. The van der Waals surface area contributed by atoms with E-state index in [0.717, 1.165) is 24.2 Å². The van der Waals surface area contributed by atoms with E-state index in [2.05, 4.69) is 15.4 Å². The highest BCUT2D eigenvalue weighted by Crippen LogP contribution is 2.22. The summed E-state index contributed by atoms with van der Waals surface area (Å²) in [6.45, 7) is 4.66. The number of nitrogens with zero attached hydrogens (tertiary/aromatic N) is 4. The number of aryl methyl sites for hydroxylation is 2. The highest BCUT2D eigenvalue weighted by Gasteiger charge is 2.18. The molecule has 0 saturated heterocycles. The number of hydrogen-bond acceptors (Lipinski definition) is 6. The molecule has 174 valence electrons. The van der Waals surface area contributed by atoms with Gasteiger partial charge in [0, 0.05) is 31.9 Å². The molecule has 0 saturated carbocycles. The van der Waals surface area contributed by atoms with Crippen LogP contribution in [0, 0.1) is 13.8 Å². The van der Waals surface area contributed by atoms with Gasteiger partial charge >= 0.3 is 5.97 Å². The molecular weight excluding hydrogens is 422 g/mol. The molecule has 0 unspecified atom stereocenters. The maximum Gasteiger partial charge on any atom is 0.339 e. The van der Waals surface area contributed by atoms with Crippen LogP contribution in [-0.4, -0.2) is 52.4 Å². The number of anilines is 2. The Morgan fingerprint density at radius 1 is 1.21 bits per heavy atom. The number of aromatic carboxylic acids is 1. The zero-order chi connectivity index (χ0) is 24.1. The van der Waals surface area contributed by atoms with E-state index in [1.54, 1.807) is 31.4 Å². The predicted octanol–water partition coefficient (Wildman–Crippen LogP) is 3.46. The first-order valence-corrected chi connectivity index (χ1v) is 10.6. The van der Waals surface area contributed by atoms with E-state index >= 15 is 0 Å². The predicted molar refractivity (Wildman–Crippen MR) is 126 cm³/mol. The van der Waals surface area contributed by atoms with Gasteiger partial charge < -0.3 is 20.1 Å². The number of pyridine rings is 1. The molecule has 9 heteroatoms. The number of carbonyl (C=O) groups is 2. The molecule has 33 heavy (non-hydrogen) atoms. The average molecular weight is 452 g/mol. The Morgan fingerprint density at radius 3 is 2.48 bits per heavy atom. The Bertz CT molecular complexity index is 1150. The lowest BCUT2D eigenvalue weighted by Gasteiger charge is -2.20. The van der Waals surface area contributed by atoms with Gasteiger partial charge in [-0.25, -0.2) is 9.78 Å². The Labute approximate surface area is 193 Å². The van der Waals surface area contributed by atoms with E-state index in [-0.39, 0.29) is 11.5 Å². The van der Waals surface area contributed by atoms with Crippen molar-refractivity contribution in [3.05, 3.63) is 64.6 Å². The summed E-state index contributed by atoms with van der Waals surface area (Å²) in [5, 5.41) is 16.9. The van der Waals surface area contributed by atoms with Crippen molar-refractivity contribution in [3.63, 3.8) is 0 Å². The van der Waals surface area contributed by atoms with Crippen LogP contribution in [0.15, 0.2) is 36.5 Å². The molecule has 0 aliphatic heterocycles. The molecular formula is C24H29N5O4. The molecule has 3 rings (SSSR count). The van der Waals surface area contributed by atoms with Crippen molar-refractivity contribution < 1.29 is 19.4 Å². The molecule has 0 atom stereocenters. The standard InChI is InChI=1S/C24H29N5O4/c1-15-20(16(2)29(4)27-15)7-6-12-28(3)22-21(24(31)32)13-18(14-25-22)26-23(30)17-8-10-19(33-5)11-9-17/h8-11,13-14H,6-7,12H2,1-5H3,(H,26,30)(H,31,32). The zero-order valence-corrected chi connectivity index (χ0v) is 19.5. The van der Waals surface area contributed by atoms with Crippen LogP contribution in [0.2, 0.25) is 0 Å². The topological polar surface area (TPSA) is 110 Å². The number of amides is 1. The second-order valence-electron chi connectivity index (χ2n) is 7.88. The third-order valence-electron chi connectivity index (χ3n) is 5.65. The Balaban J connectivity index is 1.69. The van der Waals surface area contributed by atoms with Crippen LogP contribution >= 0.6 is 0 Å². The first kappa shape index (κ1) is 23.8. The number of benzene rings is 1. The SMILES string of the molecule is COc1ccc(C(=O)Nc2cnc(N(C)CCCc3c(C)nn(C)c3C)c(C(=O)O)c2)cc1. The highest BCUT2D eigenvalue weighted by molar-refractivity contribution is 6.05. The van der Waals surface area contributed by atoms with Gasteiger partial charge in [-0.1, -0.05) is 0 Å². The second kappa shape index (κ2) is 10.2. The van der Waals surface area contributed by atoms with Gasteiger partial charge in [0.05, 0.1) is 24.7 Å². The normalized spacial score (nSPS) is 10.7. The van der Waals surface area contributed by atoms with Crippen LogP contribution in [0.25, 0.3) is 0 Å². The summed E-state index contributed by atoms with van der Waals surface area (Å²) in [4.78, 5) is 30.5. The molecule has 0 fully saturated rings. The fourth-order valence-electron chi connectivity index (χ4n) is 3.71. The second-order valence-corrected chi connectivity index (χ2v) is 7.88. The van der Waals surface area contributed by atoms with Crippen molar-refractivity contribution >= 4 is 23.4 Å². The fraction of sp³-hybridized carbons (Fsp3) is 0.333. The number of carboxylic acid groups (broad SMARTS) is 1. The minimum atomic E-state index is -1.11. The molecule has 9 nitrogen and oxygen atoms in total. The Hall–Kier alpha value is -3.88. The van der Waals surface area contributed by atoms with Gasteiger partial charge in [0.1, 0.15) is 17.1 Å². The summed E-state index contributed by atoms with van der Waals surface area (Å²) in [5.74, 6) is -0.477. The lowest BCUT2D eigenvalue weighted by molar-refractivity contribution is 0.0696. The number of carbonyl (C=O) groups excluding carboxylic acids is 1. The van der Waals surface area contributed by atoms with E-state index in [1.807, 2.05) is 37.5 Å². The van der Waals surface area contributed by atoms with E-state index in [9.17, 15) is 14.7 Å². The van der Waals surface area contributed by atoms with E-state index < -0.39 is 5.97 Å². The number of aromatic nitrogens is 3. The van der Waals surface area contributed by atoms with Gasteiger partial charge in [-0.2, -0.15) is 5.10 Å². The van der Waals surface area contributed by atoms with Crippen molar-refractivity contribution in [3.8, 4) is 5.75 Å². The van der Waals surface area contributed by atoms with Crippen LogP contribution in [0.3, 0.4) is 0 Å². The van der Waals surface area contributed by atoms with Gasteiger partial charge in [-0.3, -0.25) is 9.48 Å². The summed E-state index contributed by atoms with van der Waals surface area (Å²) in [7, 11) is 5.29. The summed E-state index contributed by atoms with van der Waals surface area (Å²) in [5.41, 5.74) is 4.13. The number of rotatable bonds is 9. The highest BCUT2D eigenvalue weighted by atomic mass is 16.5. The minimum absolute atomic E-state index is 0.0266. The number of nitrogens with one attached hydrogen (secondary N) is 1. The molecule has 2 aromatic heterocycles. The van der Waals surface area contributed by atoms with Crippen molar-refractivity contribution in [1.29, 1.82) is 0 Å². The Kier molecular flexibility index (Phi) is 7.32. The van der Waals surface area contributed by atoms with Crippen molar-refractivity contribution in [1.82, 2.24) is 14.8 Å². The first-order chi connectivity index (χ1) is 15.7. The van der Waals surface area contributed by atoms with Crippen molar-refractivity contribution in [2.24, 2.45) is 7.05 Å². The molecule has 2 heterocycles.